The third kappa shape index (κ3) is 7.07. The molecule has 42 heavy (non-hydrogen) atoms. The van der Waals surface area contributed by atoms with Gasteiger partial charge in [0.25, 0.3) is 11.8 Å². The van der Waals surface area contributed by atoms with Crippen LogP contribution in [0, 0.1) is 0 Å². The number of thioether (sulfide) groups is 1. The number of benzene rings is 4. The Kier molecular flexibility index (Phi) is 9.35. The second-order valence-corrected chi connectivity index (χ2v) is 11.1. The molecule has 0 unspecified atom stereocenters. The molecule has 4 aromatic carbocycles. The molecule has 2 N–H and O–H groups in total. The molecule has 10 heteroatoms. The highest BCUT2D eigenvalue weighted by molar-refractivity contribution is 9.10. The number of ether oxygens (including phenoxy) is 1. The van der Waals surface area contributed by atoms with Gasteiger partial charge in [0, 0.05) is 39.8 Å². The van der Waals surface area contributed by atoms with Gasteiger partial charge in [-0.2, -0.15) is 0 Å². The summed E-state index contributed by atoms with van der Waals surface area (Å²) in [6, 6.07) is 29.6. The van der Waals surface area contributed by atoms with Crippen molar-refractivity contribution in [2.45, 2.75) is 17.8 Å². The van der Waals surface area contributed by atoms with Crippen LogP contribution >= 0.6 is 27.7 Å². The lowest BCUT2D eigenvalue weighted by Crippen LogP contribution is -2.12. The summed E-state index contributed by atoms with van der Waals surface area (Å²) in [6.45, 7) is 2.53. The number of halogens is 1. The van der Waals surface area contributed by atoms with Crippen molar-refractivity contribution >= 4 is 50.9 Å². The molecule has 0 aliphatic heterocycles. The van der Waals surface area contributed by atoms with E-state index < -0.39 is 0 Å². The maximum Gasteiger partial charge on any atom is 0.256 e. The zero-order valence-electron chi connectivity index (χ0n) is 23.0. The first kappa shape index (κ1) is 29.1. The highest BCUT2D eigenvalue weighted by atomic mass is 79.9. The van der Waals surface area contributed by atoms with Gasteiger partial charge in [0.1, 0.15) is 5.75 Å². The first-order chi connectivity index (χ1) is 20.4. The van der Waals surface area contributed by atoms with E-state index >= 15 is 0 Å². The van der Waals surface area contributed by atoms with Crippen LogP contribution in [0.5, 0.6) is 5.75 Å². The van der Waals surface area contributed by atoms with Gasteiger partial charge < -0.3 is 19.9 Å². The van der Waals surface area contributed by atoms with E-state index in [1.54, 1.807) is 17.8 Å². The van der Waals surface area contributed by atoms with E-state index in [0.717, 1.165) is 32.3 Å². The second-order valence-electron chi connectivity index (χ2n) is 9.27. The van der Waals surface area contributed by atoms with Crippen LogP contribution in [0.4, 0.5) is 11.4 Å². The molecule has 0 spiro atoms. The second kappa shape index (κ2) is 13.5. The van der Waals surface area contributed by atoms with Crippen molar-refractivity contribution in [2.24, 2.45) is 7.05 Å². The van der Waals surface area contributed by atoms with Gasteiger partial charge >= 0.3 is 0 Å². The first-order valence-electron chi connectivity index (χ1n) is 13.2. The summed E-state index contributed by atoms with van der Waals surface area (Å²) in [5.74, 6) is 1.81. The van der Waals surface area contributed by atoms with Crippen LogP contribution in [-0.2, 0) is 12.8 Å². The maximum atomic E-state index is 12.7. The highest BCUT2D eigenvalue weighted by Gasteiger charge is 2.14. The van der Waals surface area contributed by atoms with Gasteiger partial charge in [-0.25, -0.2) is 0 Å². The normalized spacial score (nSPS) is 10.7. The molecule has 0 aliphatic carbocycles. The SMILES string of the molecule is CCOc1ccc(NC(=O)c2ccc(CSc3nnc(-c4ccc(NC(=O)c5ccccc5Br)cc4)n3C)cc2)cc1. The standard InChI is InChI=1S/C32H28BrN5O3S/c1-3-41-26-18-16-25(17-19-26)34-30(39)23-10-8-21(9-11-23)20-42-32-37-36-29(38(32)2)22-12-14-24(15-13-22)35-31(40)27-6-4-5-7-28(27)33/h4-19H,3,20H2,1-2H3,(H,34,39)(H,35,40). The smallest absolute Gasteiger partial charge is 0.256 e. The van der Waals surface area contributed by atoms with Gasteiger partial charge in [0.15, 0.2) is 11.0 Å². The largest absolute Gasteiger partial charge is 0.494 e. The summed E-state index contributed by atoms with van der Waals surface area (Å²) < 4.78 is 8.13. The van der Waals surface area contributed by atoms with E-state index in [2.05, 4.69) is 36.8 Å². The molecule has 2 amide bonds. The lowest BCUT2D eigenvalue weighted by molar-refractivity contribution is 0.101. The molecule has 0 saturated carbocycles. The van der Waals surface area contributed by atoms with Gasteiger partial charge in [-0.15, -0.1) is 10.2 Å². The number of rotatable bonds is 10. The van der Waals surface area contributed by atoms with Crippen molar-refractivity contribution < 1.29 is 14.3 Å². The third-order valence-corrected chi connectivity index (χ3v) is 8.14. The average Bonchev–Trinajstić information content (AvgIpc) is 3.38. The molecule has 0 saturated heterocycles. The van der Waals surface area contributed by atoms with E-state index in [1.165, 1.54) is 0 Å². The van der Waals surface area contributed by atoms with Crippen molar-refractivity contribution in [3.05, 3.63) is 118 Å². The summed E-state index contributed by atoms with van der Waals surface area (Å²) in [5, 5.41) is 15.3. The van der Waals surface area contributed by atoms with Crippen molar-refractivity contribution in [1.82, 2.24) is 14.8 Å². The molecule has 1 heterocycles. The van der Waals surface area contributed by atoms with Gasteiger partial charge in [0.05, 0.1) is 12.2 Å². The van der Waals surface area contributed by atoms with Crippen LogP contribution in [0.25, 0.3) is 11.4 Å². The topological polar surface area (TPSA) is 98.1 Å². The van der Waals surface area contributed by atoms with Crippen LogP contribution in [0.2, 0.25) is 0 Å². The Bertz CT molecular complexity index is 1690. The van der Waals surface area contributed by atoms with Crippen LogP contribution in [0.3, 0.4) is 0 Å². The Morgan fingerprint density at radius 2 is 1.48 bits per heavy atom. The van der Waals surface area contributed by atoms with E-state index in [1.807, 2.05) is 110 Å². The number of anilines is 2. The summed E-state index contributed by atoms with van der Waals surface area (Å²) in [4.78, 5) is 25.3. The van der Waals surface area contributed by atoms with Crippen molar-refractivity contribution in [2.75, 3.05) is 17.2 Å². The molecule has 0 radical (unpaired) electrons. The Balaban J connectivity index is 1.16. The molecule has 0 atom stereocenters. The van der Waals surface area contributed by atoms with Gasteiger partial charge in [-0.3, -0.25) is 9.59 Å². The third-order valence-electron chi connectivity index (χ3n) is 6.36. The van der Waals surface area contributed by atoms with Gasteiger partial charge in [0.2, 0.25) is 0 Å². The minimum absolute atomic E-state index is 0.171. The summed E-state index contributed by atoms with van der Waals surface area (Å²) >= 11 is 4.98. The van der Waals surface area contributed by atoms with Crippen LogP contribution in [-0.4, -0.2) is 33.2 Å². The summed E-state index contributed by atoms with van der Waals surface area (Å²) in [7, 11) is 1.93. The molecule has 5 aromatic rings. The van der Waals surface area contributed by atoms with E-state index in [9.17, 15) is 9.59 Å². The average molecular weight is 643 g/mol. The molecule has 0 bridgehead atoms. The lowest BCUT2D eigenvalue weighted by Gasteiger charge is -2.09. The monoisotopic (exact) mass is 641 g/mol. The van der Waals surface area contributed by atoms with Crippen LogP contribution in [0.1, 0.15) is 33.2 Å². The Morgan fingerprint density at radius 3 is 2.14 bits per heavy atom. The fourth-order valence-corrected chi connectivity index (χ4v) is 5.47. The first-order valence-corrected chi connectivity index (χ1v) is 15.0. The fourth-order valence-electron chi connectivity index (χ4n) is 4.14. The number of amides is 2. The maximum absolute atomic E-state index is 12.7. The molecule has 5 rings (SSSR count). The Labute approximate surface area is 256 Å². The van der Waals surface area contributed by atoms with Gasteiger partial charge in [-0.05, 0) is 101 Å². The van der Waals surface area contributed by atoms with Gasteiger partial charge in [-0.1, -0.05) is 36.0 Å². The number of aromatic nitrogens is 3. The van der Waals surface area contributed by atoms with Crippen molar-refractivity contribution in [3.63, 3.8) is 0 Å². The Morgan fingerprint density at radius 1 is 0.833 bits per heavy atom. The van der Waals surface area contributed by atoms with Crippen LogP contribution in [0.15, 0.2) is 107 Å². The zero-order valence-corrected chi connectivity index (χ0v) is 25.4. The highest BCUT2D eigenvalue weighted by Crippen LogP contribution is 2.27. The van der Waals surface area contributed by atoms with E-state index in [0.29, 0.717) is 34.9 Å². The molecular weight excluding hydrogens is 614 g/mol. The molecule has 1 aromatic heterocycles. The predicted molar refractivity (Wildman–Crippen MR) is 170 cm³/mol. The zero-order chi connectivity index (χ0) is 29.5. The number of carbonyl (C=O) groups is 2. The van der Waals surface area contributed by atoms with Crippen molar-refractivity contribution in [1.29, 1.82) is 0 Å². The number of hydrogen-bond acceptors (Lipinski definition) is 6. The lowest BCUT2D eigenvalue weighted by atomic mass is 10.1. The Hall–Kier alpha value is -4.41. The van der Waals surface area contributed by atoms with E-state index in [-0.39, 0.29) is 11.8 Å². The molecule has 0 fully saturated rings. The molecule has 0 aliphatic rings. The van der Waals surface area contributed by atoms with Crippen LogP contribution < -0.4 is 15.4 Å². The van der Waals surface area contributed by atoms with Crippen molar-refractivity contribution in [3.8, 4) is 17.1 Å². The predicted octanol–water partition coefficient (Wildman–Crippen LogP) is 7.44. The van der Waals surface area contributed by atoms with E-state index in [4.69, 9.17) is 4.74 Å². The number of hydrogen-bond donors (Lipinski definition) is 2. The summed E-state index contributed by atoms with van der Waals surface area (Å²) in [5.41, 5.74) is 4.49. The molecule has 8 nitrogen and oxygen atoms in total. The number of nitrogens with one attached hydrogen (secondary N) is 2. The number of carbonyl (C=O) groups excluding carboxylic acids is 2. The minimum atomic E-state index is -0.186. The quantitative estimate of drug-likeness (QED) is 0.154. The minimum Gasteiger partial charge on any atom is -0.494 e. The molecule has 212 valence electrons. The number of nitrogens with zero attached hydrogens (tertiary/aromatic N) is 3. The molecular formula is C32H28BrN5O3S. The summed E-state index contributed by atoms with van der Waals surface area (Å²) in [6.07, 6.45) is 0. The fraction of sp³-hybridized carbons (Fsp3) is 0.125.